The Morgan fingerprint density at radius 2 is 1.94 bits per heavy atom. The molecule has 0 aliphatic rings. The van der Waals surface area contributed by atoms with Crippen molar-refractivity contribution in [3.05, 3.63) is 24.5 Å². The Morgan fingerprint density at radius 3 is 2.59 bits per heavy atom. The van der Waals surface area contributed by atoms with Crippen molar-refractivity contribution < 1.29 is 4.74 Å². The van der Waals surface area contributed by atoms with Gasteiger partial charge in [0.15, 0.2) is 0 Å². The second-order valence-electron chi connectivity index (χ2n) is 3.75. The van der Waals surface area contributed by atoms with Crippen molar-refractivity contribution in [3.63, 3.8) is 0 Å². The molecule has 0 aliphatic carbocycles. The first-order valence-corrected chi connectivity index (χ1v) is 5.83. The summed E-state index contributed by atoms with van der Waals surface area (Å²) < 4.78 is 5.20. The molecule has 0 bridgehead atoms. The number of fused-ring (bicyclic) bond motifs is 1. The Balaban J connectivity index is 2.57. The Hall–Kier alpha value is -1.84. The molecule has 0 amide bonds. The van der Waals surface area contributed by atoms with Gasteiger partial charge in [0.05, 0.1) is 12.6 Å². The summed E-state index contributed by atoms with van der Waals surface area (Å²) in [7, 11) is 1.66. The SMILES string of the molecule is CCN(CC)c1ncnc2cc(OC)ccc12. The topological polar surface area (TPSA) is 38.2 Å². The number of rotatable bonds is 4. The van der Waals surface area contributed by atoms with E-state index in [0.717, 1.165) is 35.6 Å². The minimum absolute atomic E-state index is 0.821. The van der Waals surface area contributed by atoms with E-state index in [1.165, 1.54) is 0 Å². The van der Waals surface area contributed by atoms with Crippen LogP contribution < -0.4 is 9.64 Å². The van der Waals surface area contributed by atoms with Gasteiger partial charge in [-0.1, -0.05) is 0 Å². The molecule has 0 spiro atoms. The average molecular weight is 231 g/mol. The van der Waals surface area contributed by atoms with Crippen LogP contribution in [0.2, 0.25) is 0 Å². The third-order valence-electron chi connectivity index (χ3n) is 2.89. The van der Waals surface area contributed by atoms with Crippen LogP contribution in [-0.2, 0) is 0 Å². The predicted molar refractivity (Wildman–Crippen MR) is 69.7 cm³/mol. The molecule has 0 radical (unpaired) electrons. The number of aromatic nitrogens is 2. The highest BCUT2D eigenvalue weighted by Gasteiger charge is 2.09. The number of nitrogens with zero attached hydrogens (tertiary/aromatic N) is 3. The van der Waals surface area contributed by atoms with Gasteiger partial charge in [-0.25, -0.2) is 9.97 Å². The highest BCUT2D eigenvalue weighted by molar-refractivity contribution is 5.90. The van der Waals surface area contributed by atoms with Gasteiger partial charge in [-0.05, 0) is 26.0 Å². The summed E-state index contributed by atoms with van der Waals surface area (Å²) >= 11 is 0. The molecule has 4 heteroatoms. The zero-order valence-electron chi connectivity index (χ0n) is 10.5. The van der Waals surface area contributed by atoms with E-state index in [0.29, 0.717) is 0 Å². The van der Waals surface area contributed by atoms with E-state index in [4.69, 9.17) is 4.74 Å². The molecule has 2 aromatic rings. The van der Waals surface area contributed by atoms with Crippen molar-refractivity contribution in [3.8, 4) is 5.75 Å². The fraction of sp³-hybridized carbons (Fsp3) is 0.385. The Bertz CT molecular complexity index is 509. The minimum Gasteiger partial charge on any atom is -0.497 e. The lowest BCUT2D eigenvalue weighted by Crippen LogP contribution is -2.23. The van der Waals surface area contributed by atoms with Crippen molar-refractivity contribution in [2.45, 2.75) is 13.8 Å². The molecule has 0 saturated carbocycles. The summed E-state index contributed by atoms with van der Waals surface area (Å²) in [6.07, 6.45) is 1.61. The van der Waals surface area contributed by atoms with Gasteiger partial charge in [0.2, 0.25) is 0 Å². The van der Waals surface area contributed by atoms with E-state index in [1.54, 1.807) is 13.4 Å². The molecule has 0 saturated heterocycles. The van der Waals surface area contributed by atoms with E-state index >= 15 is 0 Å². The molecule has 2 rings (SSSR count). The maximum Gasteiger partial charge on any atom is 0.139 e. The van der Waals surface area contributed by atoms with Gasteiger partial charge in [-0.2, -0.15) is 0 Å². The first-order chi connectivity index (χ1) is 8.30. The van der Waals surface area contributed by atoms with Gasteiger partial charge < -0.3 is 9.64 Å². The van der Waals surface area contributed by atoms with Crippen LogP contribution in [0.25, 0.3) is 10.9 Å². The second kappa shape index (κ2) is 4.99. The molecule has 0 unspecified atom stereocenters. The third kappa shape index (κ3) is 2.16. The summed E-state index contributed by atoms with van der Waals surface area (Å²) in [5.74, 6) is 1.81. The normalized spacial score (nSPS) is 10.5. The molecule has 0 N–H and O–H groups in total. The van der Waals surface area contributed by atoms with Gasteiger partial charge in [0, 0.05) is 24.5 Å². The highest BCUT2D eigenvalue weighted by atomic mass is 16.5. The summed E-state index contributed by atoms with van der Waals surface area (Å²) in [6, 6.07) is 5.89. The van der Waals surface area contributed by atoms with Crippen LogP contribution in [-0.4, -0.2) is 30.2 Å². The molecule has 1 heterocycles. The van der Waals surface area contributed by atoms with Crippen LogP contribution in [0.5, 0.6) is 5.75 Å². The lowest BCUT2D eigenvalue weighted by Gasteiger charge is -2.21. The summed E-state index contributed by atoms with van der Waals surface area (Å²) in [4.78, 5) is 10.9. The van der Waals surface area contributed by atoms with Gasteiger partial charge >= 0.3 is 0 Å². The first kappa shape index (κ1) is 11.6. The van der Waals surface area contributed by atoms with E-state index in [9.17, 15) is 0 Å². The highest BCUT2D eigenvalue weighted by Crippen LogP contribution is 2.25. The largest absolute Gasteiger partial charge is 0.497 e. The van der Waals surface area contributed by atoms with E-state index < -0.39 is 0 Å². The minimum atomic E-state index is 0.821. The maximum absolute atomic E-state index is 5.20. The van der Waals surface area contributed by atoms with E-state index in [1.807, 2.05) is 18.2 Å². The number of hydrogen-bond donors (Lipinski definition) is 0. The zero-order valence-corrected chi connectivity index (χ0v) is 10.5. The first-order valence-electron chi connectivity index (χ1n) is 5.83. The molecule has 17 heavy (non-hydrogen) atoms. The average Bonchev–Trinajstić information content (AvgIpc) is 2.39. The van der Waals surface area contributed by atoms with Crippen LogP contribution in [0, 0.1) is 0 Å². The van der Waals surface area contributed by atoms with Crippen LogP contribution in [0.1, 0.15) is 13.8 Å². The van der Waals surface area contributed by atoms with E-state index in [2.05, 4.69) is 28.7 Å². The van der Waals surface area contributed by atoms with Gasteiger partial charge in [-0.15, -0.1) is 0 Å². The Labute approximate surface area is 101 Å². The Morgan fingerprint density at radius 1 is 1.18 bits per heavy atom. The summed E-state index contributed by atoms with van der Waals surface area (Å²) in [6.45, 7) is 6.13. The Kier molecular flexibility index (Phi) is 3.42. The standard InChI is InChI=1S/C13H17N3O/c1-4-16(5-2)13-11-7-6-10(17-3)8-12(11)14-9-15-13/h6-9H,4-5H2,1-3H3. The molecule has 0 fully saturated rings. The number of ether oxygens (including phenoxy) is 1. The van der Waals surface area contributed by atoms with Crippen molar-refractivity contribution >= 4 is 16.7 Å². The van der Waals surface area contributed by atoms with Gasteiger partial charge in [-0.3, -0.25) is 0 Å². The van der Waals surface area contributed by atoms with Crippen molar-refractivity contribution in [1.29, 1.82) is 0 Å². The quantitative estimate of drug-likeness (QED) is 0.810. The zero-order chi connectivity index (χ0) is 12.3. The predicted octanol–water partition coefficient (Wildman–Crippen LogP) is 2.48. The monoisotopic (exact) mass is 231 g/mol. The van der Waals surface area contributed by atoms with Crippen LogP contribution in [0.4, 0.5) is 5.82 Å². The lowest BCUT2D eigenvalue weighted by atomic mass is 10.2. The summed E-state index contributed by atoms with van der Waals surface area (Å²) in [5, 5.41) is 1.07. The van der Waals surface area contributed by atoms with Crippen molar-refractivity contribution in [2.24, 2.45) is 0 Å². The van der Waals surface area contributed by atoms with Crippen molar-refractivity contribution in [2.75, 3.05) is 25.1 Å². The molecule has 4 nitrogen and oxygen atoms in total. The molecule has 0 aliphatic heterocycles. The maximum atomic E-state index is 5.20. The summed E-state index contributed by atoms with van der Waals surface area (Å²) in [5.41, 5.74) is 0.918. The molecule has 0 atom stereocenters. The molecule has 90 valence electrons. The molecule has 1 aromatic carbocycles. The molecular weight excluding hydrogens is 214 g/mol. The lowest BCUT2D eigenvalue weighted by molar-refractivity contribution is 0.415. The number of hydrogen-bond acceptors (Lipinski definition) is 4. The fourth-order valence-corrected chi connectivity index (χ4v) is 1.92. The smallest absolute Gasteiger partial charge is 0.139 e. The van der Waals surface area contributed by atoms with Gasteiger partial charge in [0.25, 0.3) is 0 Å². The molecule has 1 aromatic heterocycles. The number of anilines is 1. The van der Waals surface area contributed by atoms with Crippen LogP contribution in [0.15, 0.2) is 24.5 Å². The van der Waals surface area contributed by atoms with E-state index in [-0.39, 0.29) is 0 Å². The third-order valence-corrected chi connectivity index (χ3v) is 2.89. The number of benzene rings is 1. The van der Waals surface area contributed by atoms with Gasteiger partial charge in [0.1, 0.15) is 17.9 Å². The molecular formula is C13H17N3O. The fourth-order valence-electron chi connectivity index (χ4n) is 1.92. The second-order valence-corrected chi connectivity index (χ2v) is 3.75. The number of methoxy groups -OCH3 is 1. The van der Waals surface area contributed by atoms with Crippen LogP contribution in [0.3, 0.4) is 0 Å². The van der Waals surface area contributed by atoms with Crippen LogP contribution >= 0.6 is 0 Å². The van der Waals surface area contributed by atoms with Crippen molar-refractivity contribution in [1.82, 2.24) is 9.97 Å².